The fraction of sp³-hybridized carbons (Fsp3) is 1.00. The fourth-order valence-corrected chi connectivity index (χ4v) is 4.04. The van der Waals surface area contributed by atoms with E-state index in [2.05, 4.69) is 16.7 Å². The zero-order valence-corrected chi connectivity index (χ0v) is 12.0. The maximum Gasteiger partial charge on any atom is 0.212 e. The van der Waals surface area contributed by atoms with Gasteiger partial charge < -0.3 is 9.80 Å². The van der Waals surface area contributed by atoms with Crippen molar-refractivity contribution in [3.63, 3.8) is 0 Å². The Kier molecular flexibility index (Phi) is 4.64. The highest BCUT2D eigenvalue weighted by molar-refractivity contribution is 7.89. The van der Waals surface area contributed by atoms with Crippen molar-refractivity contribution in [3.8, 4) is 0 Å². The molecule has 2 saturated heterocycles. The molecule has 2 fully saturated rings. The molecule has 2 heterocycles. The zero-order valence-electron chi connectivity index (χ0n) is 11.2. The summed E-state index contributed by atoms with van der Waals surface area (Å²) in [6.45, 7) is 7.47. The number of hydrogen-bond acceptors (Lipinski definition) is 4. The second-order valence-corrected chi connectivity index (χ2v) is 7.33. The standard InChI is InChI=1S/C12H25N3O2S/c1-2-14-7-3-11(4-8-14)15-9-5-12(6-10-15)18(13,16)17/h11-12H,2-10H2,1H3,(H2,13,16,17). The summed E-state index contributed by atoms with van der Waals surface area (Å²) < 4.78 is 22.6. The monoisotopic (exact) mass is 275 g/mol. The Bertz CT molecular complexity index is 356. The number of hydrogen-bond donors (Lipinski definition) is 1. The first-order chi connectivity index (χ1) is 8.50. The van der Waals surface area contributed by atoms with Gasteiger partial charge in [-0.3, -0.25) is 0 Å². The van der Waals surface area contributed by atoms with Gasteiger partial charge in [0.15, 0.2) is 0 Å². The van der Waals surface area contributed by atoms with E-state index in [1.807, 2.05) is 0 Å². The summed E-state index contributed by atoms with van der Waals surface area (Å²) in [4.78, 5) is 4.95. The minimum Gasteiger partial charge on any atom is -0.303 e. The van der Waals surface area contributed by atoms with Gasteiger partial charge in [0.25, 0.3) is 0 Å². The predicted molar refractivity (Wildman–Crippen MR) is 72.8 cm³/mol. The van der Waals surface area contributed by atoms with Crippen LogP contribution in [0.2, 0.25) is 0 Å². The quantitative estimate of drug-likeness (QED) is 0.800. The molecule has 0 amide bonds. The summed E-state index contributed by atoms with van der Waals surface area (Å²) in [6.07, 6.45) is 3.83. The van der Waals surface area contributed by atoms with E-state index in [-0.39, 0.29) is 5.25 Å². The molecular formula is C12H25N3O2S. The van der Waals surface area contributed by atoms with Crippen molar-refractivity contribution < 1.29 is 8.42 Å². The molecule has 2 N–H and O–H groups in total. The van der Waals surface area contributed by atoms with Crippen molar-refractivity contribution in [3.05, 3.63) is 0 Å². The Morgan fingerprint density at radius 1 is 1.06 bits per heavy atom. The average Bonchev–Trinajstić information content (AvgIpc) is 2.38. The van der Waals surface area contributed by atoms with E-state index in [0.717, 1.165) is 19.6 Å². The van der Waals surface area contributed by atoms with Gasteiger partial charge in [-0.05, 0) is 58.4 Å². The maximum absolute atomic E-state index is 11.3. The second kappa shape index (κ2) is 5.86. The molecule has 5 nitrogen and oxygen atoms in total. The molecule has 0 atom stereocenters. The molecule has 0 radical (unpaired) electrons. The van der Waals surface area contributed by atoms with Gasteiger partial charge in [-0.25, -0.2) is 13.6 Å². The lowest BCUT2D eigenvalue weighted by atomic mass is 10.00. The number of nitrogens with two attached hydrogens (primary N) is 1. The first-order valence-electron chi connectivity index (χ1n) is 6.98. The van der Waals surface area contributed by atoms with E-state index in [9.17, 15) is 8.42 Å². The molecule has 0 bridgehead atoms. The van der Waals surface area contributed by atoms with Crippen molar-refractivity contribution in [2.75, 3.05) is 32.7 Å². The summed E-state index contributed by atoms with van der Waals surface area (Å²) in [6, 6.07) is 0.647. The van der Waals surface area contributed by atoms with Crippen LogP contribution in [0.4, 0.5) is 0 Å². The summed E-state index contributed by atoms with van der Waals surface area (Å²) in [5.41, 5.74) is 0. The zero-order chi connectivity index (χ0) is 13.2. The van der Waals surface area contributed by atoms with E-state index in [0.29, 0.717) is 18.9 Å². The lowest BCUT2D eigenvalue weighted by molar-refractivity contribution is 0.0956. The molecule has 0 saturated carbocycles. The van der Waals surface area contributed by atoms with Gasteiger partial charge in [-0.15, -0.1) is 0 Å². The number of rotatable bonds is 3. The SMILES string of the molecule is CCN1CCC(N2CCC(S(N)(=O)=O)CC2)CC1. The first-order valence-corrected chi connectivity index (χ1v) is 8.59. The summed E-state index contributed by atoms with van der Waals surface area (Å²) in [5.74, 6) is 0. The molecule has 0 aromatic heterocycles. The Morgan fingerprint density at radius 2 is 1.61 bits per heavy atom. The van der Waals surface area contributed by atoms with Crippen LogP contribution in [-0.4, -0.2) is 62.2 Å². The Hall–Kier alpha value is -0.170. The molecule has 106 valence electrons. The van der Waals surface area contributed by atoms with E-state index in [1.54, 1.807) is 0 Å². The predicted octanol–water partition coefficient (Wildman–Crippen LogP) is 0.224. The lowest BCUT2D eigenvalue weighted by Crippen LogP contribution is -2.49. The van der Waals surface area contributed by atoms with Gasteiger partial charge in [-0.1, -0.05) is 6.92 Å². The number of nitrogens with zero attached hydrogens (tertiary/aromatic N) is 2. The van der Waals surface area contributed by atoms with Crippen LogP contribution < -0.4 is 5.14 Å². The molecule has 6 heteroatoms. The molecule has 2 aliphatic heterocycles. The number of likely N-dealkylation sites (tertiary alicyclic amines) is 2. The van der Waals surface area contributed by atoms with Gasteiger partial charge >= 0.3 is 0 Å². The molecule has 0 aromatic carbocycles. The van der Waals surface area contributed by atoms with Crippen molar-refractivity contribution >= 4 is 10.0 Å². The third-order valence-electron chi connectivity index (χ3n) is 4.46. The third-order valence-corrected chi connectivity index (χ3v) is 5.86. The van der Waals surface area contributed by atoms with E-state index >= 15 is 0 Å². The normalized spacial score (nSPS) is 26.6. The largest absolute Gasteiger partial charge is 0.303 e. The van der Waals surface area contributed by atoms with Crippen molar-refractivity contribution in [2.45, 2.75) is 43.9 Å². The number of primary sulfonamides is 1. The molecule has 0 spiro atoms. The summed E-state index contributed by atoms with van der Waals surface area (Å²) in [7, 11) is -3.33. The van der Waals surface area contributed by atoms with Crippen LogP contribution in [-0.2, 0) is 10.0 Å². The van der Waals surface area contributed by atoms with Gasteiger partial charge in [0, 0.05) is 6.04 Å². The maximum atomic E-state index is 11.3. The van der Waals surface area contributed by atoms with Crippen LogP contribution in [0.25, 0.3) is 0 Å². The highest BCUT2D eigenvalue weighted by Crippen LogP contribution is 2.23. The van der Waals surface area contributed by atoms with E-state index in [4.69, 9.17) is 5.14 Å². The van der Waals surface area contributed by atoms with Gasteiger partial charge in [-0.2, -0.15) is 0 Å². The molecular weight excluding hydrogens is 250 g/mol. The molecule has 0 unspecified atom stereocenters. The van der Waals surface area contributed by atoms with Crippen molar-refractivity contribution in [1.29, 1.82) is 0 Å². The number of piperidine rings is 2. The molecule has 18 heavy (non-hydrogen) atoms. The second-order valence-electron chi connectivity index (χ2n) is 5.49. The summed E-state index contributed by atoms with van der Waals surface area (Å²) in [5, 5.41) is 4.90. The average molecular weight is 275 g/mol. The highest BCUT2D eigenvalue weighted by Gasteiger charge is 2.31. The summed E-state index contributed by atoms with van der Waals surface area (Å²) >= 11 is 0. The van der Waals surface area contributed by atoms with E-state index < -0.39 is 10.0 Å². The Balaban J connectivity index is 1.80. The minimum absolute atomic E-state index is 0.315. The minimum atomic E-state index is -3.33. The van der Waals surface area contributed by atoms with Crippen LogP contribution in [0.3, 0.4) is 0 Å². The first kappa shape index (κ1) is 14.2. The smallest absolute Gasteiger partial charge is 0.212 e. The van der Waals surface area contributed by atoms with Crippen LogP contribution in [0.5, 0.6) is 0 Å². The van der Waals surface area contributed by atoms with Gasteiger partial charge in [0.2, 0.25) is 10.0 Å². The van der Waals surface area contributed by atoms with Crippen LogP contribution in [0.1, 0.15) is 32.6 Å². The Morgan fingerprint density at radius 3 is 2.06 bits per heavy atom. The number of sulfonamides is 1. The van der Waals surface area contributed by atoms with Crippen LogP contribution in [0.15, 0.2) is 0 Å². The third kappa shape index (κ3) is 3.44. The topological polar surface area (TPSA) is 66.6 Å². The van der Waals surface area contributed by atoms with Crippen LogP contribution in [0, 0.1) is 0 Å². The molecule has 2 aliphatic rings. The Labute approximate surface area is 110 Å². The fourth-order valence-electron chi connectivity index (χ4n) is 3.17. The van der Waals surface area contributed by atoms with Crippen molar-refractivity contribution in [2.24, 2.45) is 5.14 Å². The van der Waals surface area contributed by atoms with Gasteiger partial charge in [0.05, 0.1) is 5.25 Å². The van der Waals surface area contributed by atoms with Gasteiger partial charge in [0.1, 0.15) is 0 Å². The molecule has 2 rings (SSSR count). The van der Waals surface area contributed by atoms with E-state index in [1.165, 1.54) is 25.9 Å². The van der Waals surface area contributed by atoms with Crippen LogP contribution >= 0.6 is 0 Å². The molecule has 0 aliphatic carbocycles. The lowest BCUT2D eigenvalue weighted by Gasteiger charge is -2.41. The van der Waals surface area contributed by atoms with Crippen molar-refractivity contribution in [1.82, 2.24) is 9.80 Å². The molecule has 0 aromatic rings. The highest BCUT2D eigenvalue weighted by atomic mass is 32.2.